The van der Waals surface area contributed by atoms with Crippen LogP contribution in [-0.4, -0.2) is 25.0 Å². The molecule has 1 amide bonds. The second kappa shape index (κ2) is 8.21. The molecule has 0 bridgehead atoms. The number of carbonyl (C=O) groups excluding carboxylic acids is 1. The first-order valence-electron chi connectivity index (χ1n) is 9.19. The third kappa shape index (κ3) is 4.75. The minimum atomic E-state index is -0.431. The molecule has 26 heavy (non-hydrogen) atoms. The first-order valence-corrected chi connectivity index (χ1v) is 9.19. The summed E-state index contributed by atoms with van der Waals surface area (Å²) in [6.07, 6.45) is 2.47. The molecular formula is C21H26FN3O. The minimum Gasteiger partial charge on any atom is -0.374 e. The Bertz CT molecular complexity index is 739. The van der Waals surface area contributed by atoms with Gasteiger partial charge in [0, 0.05) is 30.2 Å². The third-order valence-electron chi connectivity index (χ3n) is 4.88. The van der Waals surface area contributed by atoms with Gasteiger partial charge < -0.3 is 15.5 Å². The Labute approximate surface area is 154 Å². The quantitative estimate of drug-likeness (QED) is 0.830. The molecule has 1 heterocycles. The van der Waals surface area contributed by atoms with Crippen LogP contribution in [0.3, 0.4) is 0 Å². The summed E-state index contributed by atoms with van der Waals surface area (Å²) in [6.45, 7) is 6.29. The molecule has 0 unspecified atom stereocenters. The topological polar surface area (TPSA) is 44.4 Å². The Balaban J connectivity index is 1.55. The maximum Gasteiger partial charge on any atom is 0.246 e. The highest BCUT2D eigenvalue weighted by Gasteiger charge is 2.16. The number of hydrogen-bond acceptors (Lipinski definition) is 3. The lowest BCUT2D eigenvalue weighted by Crippen LogP contribution is -2.33. The van der Waals surface area contributed by atoms with Crippen molar-refractivity contribution in [1.29, 1.82) is 0 Å². The molecule has 1 aliphatic heterocycles. The van der Waals surface area contributed by atoms with E-state index < -0.39 is 6.04 Å². The number of nitrogens with zero attached hydrogens (tertiary/aromatic N) is 1. The Kier molecular flexibility index (Phi) is 5.76. The van der Waals surface area contributed by atoms with Crippen molar-refractivity contribution in [2.45, 2.75) is 32.7 Å². The standard InChI is InChI=1S/C21H26FN3O/c1-15-10-12-25(13-11-15)20-8-6-18(7-9-20)23-16(2)21(26)24-19-5-3-4-17(22)14-19/h3-9,14-16,23H,10-13H2,1-2H3,(H,24,26)/t16-/m1/s1. The summed E-state index contributed by atoms with van der Waals surface area (Å²) >= 11 is 0. The third-order valence-corrected chi connectivity index (χ3v) is 4.88. The zero-order valence-electron chi connectivity index (χ0n) is 15.3. The van der Waals surface area contributed by atoms with Crippen LogP contribution in [0.1, 0.15) is 26.7 Å². The van der Waals surface area contributed by atoms with Crippen LogP contribution >= 0.6 is 0 Å². The Morgan fingerprint density at radius 2 is 1.81 bits per heavy atom. The van der Waals surface area contributed by atoms with Gasteiger partial charge in [-0.3, -0.25) is 4.79 Å². The Hall–Kier alpha value is -2.56. The van der Waals surface area contributed by atoms with E-state index in [1.54, 1.807) is 19.1 Å². The molecule has 2 N–H and O–H groups in total. The van der Waals surface area contributed by atoms with Crippen molar-refractivity contribution in [2.24, 2.45) is 5.92 Å². The van der Waals surface area contributed by atoms with Crippen molar-refractivity contribution in [3.63, 3.8) is 0 Å². The SMILES string of the molecule is CC1CCN(c2ccc(N[C@H](C)C(=O)Nc3cccc(F)c3)cc2)CC1. The van der Waals surface area contributed by atoms with Gasteiger partial charge in [0.05, 0.1) is 0 Å². The molecule has 3 rings (SSSR count). The highest BCUT2D eigenvalue weighted by Crippen LogP contribution is 2.24. The van der Waals surface area contributed by atoms with E-state index in [4.69, 9.17) is 0 Å². The number of halogens is 1. The summed E-state index contributed by atoms with van der Waals surface area (Å²) in [5, 5.41) is 5.91. The van der Waals surface area contributed by atoms with Crippen LogP contribution in [0.5, 0.6) is 0 Å². The molecule has 5 heteroatoms. The molecule has 1 fully saturated rings. The summed E-state index contributed by atoms with van der Waals surface area (Å²) in [6, 6.07) is 13.6. The predicted molar refractivity (Wildman–Crippen MR) is 105 cm³/mol. The summed E-state index contributed by atoms with van der Waals surface area (Å²) in [4.78, 5) is 14.7. The van der Waals surface area contributed by atoms with Gasteiger partial charge in [-0.1, -0.05) is 13.0 Å². The molecule has 2 aromatic rings. The van der Waals surface area contributed by atoms with Gasteiger partial charge >= 0.3 is 0 Å². The number of nitrogens with one attached hydrogen (secondary N) is 2. The van der Waals surface area contributed by atoms with E-state index in [-0.39, 0.29) is 11.7 Å². The molecule has 1 aliphatic rings. The second-order valence-corrected chi connectivity index (χ2v) is 7.08. The molecule has 0 radical (unpaired) electrons. The van der Waals surface area contributed by atoms with E-state index >= 15 is 0 Å². The molecular weight excluding hydrogens is 329 g/mol. The average Bonchev–Trinajstić information content (AvgIpc) is 2.63. The fourth-order valence-electron chi connectivity index (χ4n) is 3.17. The lowest BCUT2D eigenvalue weighted by atomic mass is 9.99. The molecule has 1 atom stereocenters. The monoisotopic (exact) mass is 355 g/mol. The highest BCUT2D eigenvalue weighted by atomic mass is 19.1. The van der Waals surface area contributed by atoms with Gasteiger partial charge in [-0.05, 0) is 68.1 Å². The number of anilines is 3. The number of carbonyl (C=O) groups is 1. The van der Waals surface area contributed by atoms with Crippen molar-refractivity contribution in [3.8, 4) is 0 Å². The Morgan fingerprint density at radius 3 is 2.46 bits per heavy atom. The summed E-state index contributed by atoms with van der Waals surface area (Å²) in [5.74, 6) is 0.237. The van der Waals surface area contributed by atoms with Crippen LogP contribution in [0.2, 0.25) is 0 Å². The normalized spacial score (nSPS) is 16.2. The van der Waals surface area contributed by atoms with Crippen LogP contribution in [0.4, 0.5) is 21.5 Å². The van der Waals surface area contributed by atoms with Crippen LogP contribution in [-0.2, 0) is 4.79 Å². The van der Waals surface area contributed by atoms with Gasteiger partial charge in [0.1, 0.15) is 11.9 Å². The van der Waals surface area contributed by atoms with Gasteiger partial charge in [0.25, 0.3) is 0 Å². The Morgan fingerprint density at radius 1 is 1.12 bits per heavy atom. The first-order chi connectivity index (χ1) is 12.5. The van der Waals surface area contributed by atoms with Crippen molar-refractivity contribution in [3.05, 3.63) is 54.3 Å². The van der Waals surface area contributed by atoms with E-state index in [0.717, 1.165) is 24.7 Å². The number of benzene rings is 2. The second-order valence-electron chi connectivity index (χ2n) is 7.08. The van der Waals surface area contributed by atoms with E-state index in [9.17, 15) is 9.18 Å². The summed E-state index contributed by atoms with van der Waals surface area (Å²) in [5.41, 5.74) is 2.57. The number of rotatable bonds is 5. The van der Waals surface area contributed by atoms with Gasteiger partial charge in [-0.25, -0.2) is 4.39 Å². The molecule has 0 aliphatic carbocycles. The zero-order valence-corrected chi connectivity index (χ0v) is 15.3. The smallest absolute Gasteiger partial charge is 0.246 e. The van der Waals surface area contributed by atoms with E-state index in [0.29, 0.717) is 5.69 Å². The molecule has 1 saturated heterocycles. The molecule has 0 spiro atoms. The van der Waals surface area contributed by atoms with Gasteiger partial charge in [-0.2, -0.15) is 0 Å². The maximum absolute atomic E-state index is 13.2. The van der Waals surface area contributed by atoms with Crippen LogP contribution < -0.4 is 15.5 Å². The fourth-order valence-corrected chi connectivity index (χ4v) is 3.17. The van der Waals surface area contributed by atoms with Crippen LogP contribution in [0.25, 0.3) is 0 Å². The molecule has 0 saturated carbocycles. The first kappa shape index (κ1) is 18.2. The molecule has 138 valence electrons. The van der Waals surface area contributed by atoms with E-state index in [2.05, 4.69) is 34.6 Å². The van der Waals surface area contributed by atoms with Crippen molar-refractivity contribution in [1.82, 2.24) is 0 Å². The van der Waals surface area contributed by atoms with Gasteiger partial charge in [-0.15, -0.1) is 0 Å². The average molecular weight is 355 g/mol. The van der Waals surface area contributed by atoms with Crippen LogP contribution in [0, 0.1) is 11.7 Å². The van der Waals surface area contributed by atoms with Crippen molar-refractivity contribution in [2.75, 3.05) is 28.6 Å². The van der Waals surface area contributed by atoms with Gasteiger partial charge in [0.2, 0.25) is 5.91 Å². The summed E-state index contributed by atoms with van der Waals surface area (Å²) in [7, 11) is 0. The van der Waals surface area contributed by atoms with Gasteiger partial charge in [0.15, 0.2) is 0 Å². The summed E-state index contributed by atoms with van der Waals surface area (Å²) < 4.78 is 13.2. The zero-order chi connectivity index (χ0) is 18.5. The number of amides is 1. The largest absolute Gasteiger partial charge is 0.374 e. The number of piperidine rings is 1. The predicted octanol–water partition coefficient (Wildman–Crippen LogP) is 4.50. The van der Waals surface area contributed by atoms with E-state index in [1.807, 2.05) is 12.1 Å². The lowest BCUT2D eigenvalue weighted by Gasteiger charge is -2.32. The highest BCUT2D eigenvalue weighted by molar-refractivity contribution is 5.96. The van der Waals surface area contributed by atoms with E-state index in [1.165, 1.54) is 30.7 Å². The fraction of sp³-hybridized carbons (Fsp3) is 0.381. The molecule has 0 aromatic heterocycles. The van der Waals surface area contributed by atoms with Crippen LogP contribution in [0.15, 0.2) is 48.5 Å². The minimum absolute atomic E-state index is 0.204. The molecule has 2 aromatic carbocycles. The lowest BCUT2D eigenvalue weighted by molar-refractivity contribution is -0.116. The molecule has 4 nitrogen and oxygen atoms in total. The maximum atomic E-state index is 13.2. The van der Waals surface area contributed by atoms with Crippen molar-refractivity contribution >= 4 is 23.0 Å². The van der Waals surface area contributed by atoms with Crippen molar-refractivity contribution < 1.29 is 9.18 Å². The number of hydrogen-bond donors (Lipinski definition) is 2.